The number of nitrogens with one attached hydrogen (secondary N) is 1. The molecule has 0 aliphatic rings. The molecule has 0 atom stereocenters. The second kappa shape index (κ2) is 6.68. The van der Waals surface area contributed by atoms with E-state index in [1.54, 1.807) is 23.9 Å². The predicted octanol–water partition coefficient (Wildman–Crippen LogP) is 3.67. The van der Waals surface area contributed by atoms with E-state index in [9.17, 15) is 4.39 Å². The fourth-order valence-electron chi connectivity index (χ4n) is 2.95. The molecular weight excluding hydrogens is 343 g/mol. The summed E-state index contributed by atoms with van der Waals surface area (Å²) in [7, 11) is 1.80. The Morgan fingerprint density at radius 1 is 1.04 bits per heavy atom. The highest BCUT2D eigenvalue weighted by atomic mass is 19.1. The first-order valence-electron chi connectivity index (χ1n) is 8.57. The Morgan fingerprint density at radius 2 is 1.74 bits per heavy atom. The number of hydrogen-bond acceptors (Lipinski definition) is 5. The van der Waals surface area contributed by atoms with E-state index in [1.165, 1.54) is 17.7 Å². The van der Waals surface area contributed by atoms with Crippen LogP contribution in [-0.2, 0) is 13.6 Å². The summed E-state index contributed by atoms with van der Waals surface area (Å²) < 4.78 is 14.9. The zero-order valence-electron chi connectivity index (χ0n) is 15.1. The predicted molar refractivity (Wildman–Crippen MR) is 105 cm³/mol. The molecule has 7 heteroatoms. The lowest BCUT2D eigenvalue weighted by atomic mass is 10.1. The van der Waals surface area contributed by atoms with E-state index in [-0.39, 0.29) is 5.82 Å². The number of fused-ring (bicyclic) bond motifs is 1. The molecule has 0 amide bonds. The van der Waals surface area contributed by atoms with Gasteiger partial charge in [0.15, 0.2) is 5.65 Å². The number of aromatic nitrogens is 4. The van der Waals surface area contributed by atoms with Crippen LogP contribution >= 0.6 is 0 Å². The van der Waals surface area contributed by atoms with Crippen LogP contribution in [-0.4, -0.2) is 19.7 Å². The zero-order valence-corrected chi connectivity index (χ0v) is 15.1. The van der Waals surface area contributed by atoms with Gasteiger partial charge in [0, 0.05) is 19.2 Å². The Balaban J connectivity index is 1.68. The van der Waals surface area contributed by atoms with Crippen LogP contribution in [0.1, 0.15) is 11.1 Å². The van der Waals surface area contributed by atoms with Gasteiger partial charge in [-0.15, -0.1) is 0 Å². The van der Waals surface area contributed by atoms with E-state index in [0.717, 1.165) is 11.1 Å². The normalized spacial score (nSPS) is 11.1. The molecule has 2 heterocycles. The summed E-state index contributed by atoms with van der Waals surface area (Å²) in [5.74, 6) is 0.471. The van der Waals surface area contributed by atoms with E-state index in [0.29, 0.717) is 35.0 Å². The molecule has 0 aliphatic carbocycles. The van der Waals surface area contributed by atoms with Gasteiger partial charge in [-0.3, -0.25) is 0 Å². The van der Waals surface area contributed by atoms with Gasteiger partial charge in [0.25, 0.3) is 0 Å². The molecule has 0 bridgehead atoms. The maximum Gasteiger partial charge on any atom is 0.226 e. The van der Waals surface area contributed by atoms with Crippen molar-refractivity contribution in [3.63, 3.8) is 0 Å². The molecule has 0 radical (unpaired) electrons. The number of benzene rings is 2. The lowest BCUT2D eigenvalue weighted by Crippen LogP contribution is -2.06. The van der Waals surface area contributed by atoms with Gasteiger partial charge in [0.2, 0.25) is 5.95 Å². The molecule has 0 unspecified atom stereocenters. The van der Waals surface area contributed by atoms with Gasteiger partial charge >= 0.3 is 0 Å². The van der Waals surface area contributed by atoms with E-state index in [2.05, 4.69) is 51.6 Å². The van der Waals surface area contributed by atoms with Crippen LogP contribution in [0.25, 0.3) is 22.3 Å². The van der Waals surface area contributed by atoms with E-state index in [4.69, 9.17) is 5.73 Å². The summed E-state index contributed by atoms with van der Waals surface area (Å²) in [6.45, 7) is 2.64. The number of nitrogens with two attached hydrogens (primary N) is 1. The van der Waals surface area contributed by atoms with E-state index >= 15 is 0 Å². The zero-order chi connectivity index (χ0) is 19.0. The number of nitrogens with zero attached hydrogens (tertiary/aromatic N) is 4. The number of halogens is 1. The monoisotopic (exact) mass is 362 g/mol. The van der Waals surface area contributed by atoms with E-state index < -0.39 is 0 Å². The molecule has 0 fully saturated rings. The van der Waals surface area contributed by atoms with Gasteiger partial charge in [-0.25, -0.2) is 9.07 Å². The highest BCUT2D eigenvalue weighted by Crippen LogP contribution is 2.31. The Bertz CT molecular complexity index is 1100. The smallest absolute Gasteiger partial charge is 0.226 e. The molecule has 136 valence electrons. The molecule has 0 saturated heterocycles. The van der Waals surface area contributed by atoms with Gasteiger partial charge in [0.05, 0.1) is 5.39 Å². The van der Waals surface area contributed by atoms with Crippen molar-refractivity contribution in [1.82, 2.24) is 19.7 Å². The van der Waals surface area contributed by atoms with Crippen molar-refractivity contribution >= 4 is 22.8 Å². The van der Waals surface area contributed by atoms with Gasteiger partial charge in [-0.1, -0.05) is 29.8 Å². The van der Waals surface area contributed by atoms with E-state index in [1.807, 2.05) is 0 Å². The van der Waals surface area contributed by atoms with Crippen LogP contribution in [0.3, 0.4) is 0 Å². The lowest BCUT2D eigenvalue weighted by Gasteiger charge is -2.07. The second-order valence-corrected chi connectivity index (χ2v) is 6.45. The summed E-state index contributed by atoms with van der Waals surface area (Å²) in [5, 5.41) is 8.37. The molecule has 0 saturated carbocycles. The number of aryl methyl sites for hydroxylation is 2. The third-order valence-corrected chi connectivity index (χ3v) is 4.40. The largest absolute Gasteiger partial charge is 0.383 e. The number of anilines is 2. The average Bonchev–Trinajstić information content (AvgIpc) is 2.99. The first-order valence-corrected chi connectivity index (χ1v) is 8.57. The van der Waals surface area contributed by atoms with Crippen molar-refractivity contribution in [2.45, 2.75) is 13.5 Å². The third-order valence-electron chi connectivity index (χ3n) is 4.40. The van der Waals surface area contributed by atoms with Crippen molar-refractivity contribution in [1.29, 1.82) is 0 Å². The average molecular weight is 362 g/mol. The number of rotatable bonds is 4. The van der Waals surface area contributed by atoms with Crippen LogP contribution < -0.4 is 11.1 Å². The molecule has 2 aromatic carbocycles. The highest BCUT2D eigenvalue weighted by molar-refractivity contribution is 5.98. The lowest BCUT2D eigenvalue weighted by molar-refractivity contribution is 0.628. The van der Waals surface area contributed by atoms with Crippen LogP contribution in [0.2, 0.25) is 0 Å². The van der Waals surface area contributed by atoms with Crippen molar-refractivity contribution in [3.05, 3.63) is 65.5 Å². The summed E-state index contributed by atoms with van der Waals surface area (Å²) in [5.41, 5.74) is 10.6. The summed E-state index contributed by atoms with van der Waals surface area (Å²) >= 11 is 0. The Hall–Kier alpha value is -3.48. The third kappa shape index (κ3) is 3.31. The van der Waals surface area contributed by atoms with Crippen molar-refractivity contribution in [2.24, 2.45) is 7.05 Å². The first kappa shape index (κ1) is 17.0. The minimum Gasteiger partial charge on any atom is -0.383 e. The molecular formula is C20H19FN6. The molecule has 27 heavy (non-hydrogen) atoms. The van der Waals surface area contributed by atoms with Crippen LogP contribution in [0.15, 0.2) is 48.5 Å². The van der Waals surface area contributed by atoms with Crippen LogP contribution in [0, 0.1) is 12.7 Å². The van der Waals surface area contributed by atoms with Gasteiger partial charge < -0.3 is 11.1 Å². The second-order valence-electron chi connectivity index (χ2n) is 6.45. The van der Waals surface area contributed by atoms with Crippen LogP contribution in [0.5, 0.6) is 0 Å². The van der Waals surface area contributed by atoms with Crippen molar-refractivity contribution in [3.8, 4) is 11.3 Å². The first-order chi connectivity index (χ1) is 13.0. The molecule has 0 aliphatic heterocycles. The van der Waals surface area contributed by atoms with Gasteiger partial charge in [-0.05, 0) is 36.8 Å². The number of hydrogen-bond donors (Lipinski definition) is 2. The molecule has 0 spiro atoms. The molecule has 6 nitrogen and oxygen atoms in total. The highest BCUT2D eigenvalue weighted by Gasteiger charge is 2.17. The summed E-state index contributed by atoms with van der Waals surface area (Å²) in [6, 6.07) is 14.4. The number of nitrogen functional groups attached to an aromatic ring is 1. The maximum absolute atomic E-state index is 13.2. The maximum atomic E-state index is 13.2. The standard InChI is InChI=1S/C20H19FN6/c1-12-3-5-13(6-4-12)11-23-20-24-18(22)16-17(26-27(2)19(16)25-20)14-7-9-15(21)10-8-14/h3-10H,11H2,1-2H3,(H3,22,23,24,25). The van der Waals surface area contributed by atoms with Crippen molar-refractivity contribution in [2.75, 3.05) is 11.1 Å². The topological polar surface area (TPSA) is 81.6 Å². The summed E-state index contributed by atoms with van der Waals surface area (Å²) in [6.07, 6.45) is 0. The summed E-state index contributed by atoms with van der Waals surface area (Å²) in [4.78, 5) is 8.94. The van der Waals surface area contributed by atoms with Crippen molar-refractivity contribution < 1.29 is 4.39 Å². The molecule has 4 rings (SSSR count). The fourth-order valence-corrected chi connectivity index (χ4v) is 2.95. The quantitative estimate of drug-likeness (QED) is 0.579. The van der Waals surface area contributed by atoms with Crippen LogP contribution in [0.4, 0.5) is 16.2 Å². The van der Waals surface area contributed by atoms with Gasteiger partial charge in [-0.2, -0.15) is 15.1 Å². The minimum absolute atomic E-state index is 0.300. The fraction of sp³-hybridized carbons (Fsp3) is 0.150. The molecule has 2 aromatic heterocycles. The minimum atomic E-state index is -0.300. The van der Waals surface area contributed by atoms with Gasteiger partial charge in [0.1, 0.15) is 17.3 Å². The Labute approximate surface area is 155 Å². The Morgan fingerprint density at radius 3 is 2.44 bits per heavy atom. The molecule has 4 aromatic rings. The SMILES string of the molecule is Cc1ccc(CNc2nc(N)c3c(-c4ccc(F)cc4)nn(C)c3n2)cc1. The molecule has 3 N–H and O–H groups in total. The Kier molecular flexibility index (Phi) is 4.19.